The van der Waals surface area contributed by atoms with E-state index in [2.05, 4.69) is 4.74 Å². The molecule has 0 aliphatic carbocycles. The van der Waals surface area contributed by atoms with Crippen molar-refractivity contribution in [2.45, 2.75) is 11.5 Å². The van der Waals surface area contributed by atoms with Gasteiger partial charge in [-0.15, -0.1) is 0 Å². The maximum atomic E-state index is 12.8. The molecule has 0 saturated heterocycles. The van der Waals surface area contributed by atoms with Gasteiger partial charge in [-0.05, 0) is 29.8 Å². The summed E-state index contributed by atoms with van der Waals surface area (Å²) in [6.45, 7) is -3.20. The summed E-state index contributed by atoms with van der Waals surface area (Å²) >= 11 is 0. The predicted octanol–water partition coefficient (Wildman–Crippen LogP) is 4.83. The van der Waals surface area contributed by atoms with Gasteiger partial charge >= 0.3 is 16.7 Å². The fraction of sp³-hybridized carbons (Fsp3) is 0.0455. The van der Waals surface area contributed by atoms with E-state index < -0.39 is 27.4 Å². The van der Waals surface area contributed by atoms with Crippen LogP contribution in [0.25, 0.3) is 22.1 Å². The lowest BCUT2D eigenvalue weighted by Crippen LogP contribution is -2.13. The van der Waals surface area contributed by atoms with Crippen LogP contribution in [0.5, 0.6) is 11.5 Å². The topological polar surface area (TPSA) is 82.8 Å². The standard InChI is InChI=1S/C22H14F2O6S/c23-22(24)29-18-8-4-5-9-20(18)31(26,27)30-15-10-11-16-19(12-15)28-13-17(21(16)25)14-6-2-1-3-7-14/h1-13,22H. The fourth-order valence-corrected chi connectivity index (χ4v) is 4.05. The van der Waals surface area contributed by atoms with Gasteiger partial charge in [-0.2, -0.15) is 17.2 Å². The molecule has 9 heteroatoms. The number of para-hydroxylation sites is 1. The summed E-state index contributed by atoms with van der Waals surface area (Å²) in [5.41, 5.74) is 0.844. The summed E-state index contributed by atoms with van der Waals surface area (Å²) in [7, 11) is -4.50. The first-order valence-corrected chi connectivity index (χ1v) is 10.4. The molecule has 0 fully saturated rings. The molecule has 0 aliphatic heterocycles. The summed E-state index contributed by atoms with van der Waals surface area (Å²) in [6, 6.07) is 17.7. The number of ether oxygens (including phenoxy) is 1. The van der Waals surface area contributed by atoms with E-state index in [1.54, 1.807) is 24.3 Å². The molecular formula is C22H14F2O6S. The first-order valence-electron chi connectivity index (χ1n) is 8.94. The van der Waals surface area contributed by atoms with Crippen molar-refractivity contribution in [2.75, 3.05) is 0 Å². The van der Waals surface area contributed by atoms with E-state index in [0.717, 1.165) is 12.1 Å². The highest BCUT2D eigenvalue weighted by Crippen LogP contribution is 2.29. The number of fused-ring (bicyclic) bond motifs is 1. The second-order valence-corrected chi connectivity index (χ2v) is 7.88. The van der Waals surface area contributed by atoms with Crippen LogP contribution in [-0.4, -0.2) is 15.0 Å². The third kappa shape index (κ3) is 4.26. The van der Waals surface area contributed by atoms with Crippen LogP contribution in [-0.2, 0) is 10.1 Å². The minimum Gasteiger partial charge on any atom is -0.463 e. The van der Waals surface area contributed by atoms with E-state index in [9.17, 15) is 22.0 Å². The number of rotatable bonds is 6. The molecule has 158 valence electrons. The van der Waals surface area contributed by atoms with Gasteiger partial charge in [0.2, 0.25) is 0 Å². The Kier molecular flexibility index (Phi) is 5.43. The zero-order chi connectivity index (χ0) is 22.0. The van der Waals surface area contributed by atoms with Gasteiger partial charge in [0.1, 0.15) is 28.2 Å². The summed E-state index contributed by atoms with van der Waals surface area (Å²) in [4.78, 5) is 12.2. The van der Waals surface area contributed by atoms with Crippen LogP contribution < -0.4 is 14.3 Å². The van der Waals surface area contributed by atoms with E-state index in [0.29, 0.717) is 11.1 Å². The smallest absolute Gasteiger partial charge is 0.387 e. The van der Waals surface area contributed by atoms with Crippen LogP contribution in [0.2, 0.25) is 0 Å². The minimum atomic E-state index is -4.50. The summed E-state index contributed by atoms with van der Waals surface area (Å²) in [6.07, 6.45) is 1.28. The number of alkyl halides is 2. The molecule has 1 heterocycles. The summed E-state index contributed by atoms with van der Waals surface area (Å²) in [5.74, 6) is -0.702. The zero-order valence-electron chi connectivity index (χ0n) is 15.7. The third-order valence-corrected chi connectivity index (χ3v) is 5.66. The molecular weight excluding hydrogens is 430 g/mol. The Morgan fingerprint density at radius 2 is 1.61 bits per heavy atom. The van der Waals surface area contributed by atoms with Crippen LogP contribution in [0, 0.1) is 0 Å². The lowest BCUT2D eigenvalue weighted by Gasteiger charge is -2.12. The summed E-state index contributed by atoms with van der Waals surface area (Å²) in [5, 5.41) is 0.229. The van der Waals surface area contributed by atoms with Crippen LogP contribution >= 0.6 is 0 Å². The fourth-order valence-electron chi connectivity index (χ4n) is 3.00. The number of hydrogen-bond donors (Lipinski definition) is 0. The molecule has 0 spiro atoms. The third-order valence-electron chi connectivity index (χ3n) is 4.37. The van der Waals surface area contributed by atoms with Crippen molar-refractivity contribution < 1.29 is 30.5 Å². The molecule has 1 aromatic heterocycles. The van der Waals surface area contributed by atoms with Crippen molar-refractivity contribution in [3.8, 4) is 22.6 Å². The van der Waals surface area contributed by atoms with E-state index in [1.165, 1.54) is 36.6 Å². The Morgan fingerprint density at radius 3 is 2.35 bits per heavy atom. The maximum Gasteiger partial charge on any atom is 0.387 e. The van der Waals surface area contributed by atoms with E-state index in [-0.39, 0.29) is 22.1 Å². The van der Waals surface area contributed by atoms with Crippen molar-refractivity contribution in [3.63, 3.8) is 0 Å². The largest absolute Gasteiger partial charge is 0.463 e. The van der Waals surface area contributed by atoms with Crippen molar-refractivity contribution in [1.82, 2.24) is 0 Å². The van der Waals surface area contributed by atoms with Gasteiger partial charge in [0.25, 0.3) is 0 Å². The van der Waals surface area contributed by atoms with Crippen molar-refractivity contribution in [3.05, 3.63) is 89.3 Å². The monoisotopic (exact) mass is 444 g/mol. The molecule has 0 aliphatic rings. The normalized spacial score (nSPS) is 11.6. The van der Waals surface area contributed by atoms with Crippen LogP contribution in [0.3, 0.4) is 0 Å². The van der Waals surface area contributed by atoms with Crippen molar-refractivity contribution in [2.24, 2.45) is 0 Å². The number of halogens is 2. The molecule has 0 atom stereocenters. The van der Waals surface area contributed by atoms with Gasteiger partial charge in [-0.25, -0.2) is 0 Å². The van der Waals surface area contributed by atoms with E-state index in [1.807, 2.05) is 6.07 Å². The molecule has 0 amide bonds. The van der Waals surface area contributed by atoms with Gasteiger partial charge in [0.15, 0.2) is 5.43 Å². The quantitative estimate of drug-likeness (QED) is 0.396. The lowest BCUT2D eigenvalue weighted by molar-refractivity contribution is -0.0517. The molecule has 3 aromatic carbocycles. The molecule has 6 nitrogen and oxygen atoms in total. The van der Waals surface area contributed by atoms with Gasteiger partial charge in [-0.1, -0.05) is 42.5 Å². The summed E-state index contributed by atoms with van der Waals surface area (Å²) < 4.78 is 65.2. The van der Waals surface area contributed by atoms with Gasteiger partial charge < -0.3 is 13.3 Å². The second-order valence-electron chi connectivity index (χ2n) is 6.37. The van der Waals surface area contributed by atoms with Crippen LogP contribution in [0.15, 0.2) is 93.2 Å². The number of hydrogen-bond acceptors (Lipinski definition) is 6. The van der Waals surface area contributed by atoms with Gasteiger partial charge in [0, 0.05) is 6.07 Å². The Bertz CT molecular complexity index is 1400. The second kappa shape index (κ2) is 8.19. The van der Waals surface area contributed by atoms with Crippen LogP contribution in [0.1, 0.15) is 0 Å². The molecule has 4 aromatic rings. The van der Waals surface area contributed by atoms with Crippen LogP contribution in [0.4, 0.5) is 8.78 Å². The average Bonchev–Trinajstić information content (AvgIpc) is 2.74. The SMILES string of the molecule is O=c1c(-c2ccccc2)coc2cc(OS(=O)(=O)c3ccccc3OC(F)F)ccc12. The minimum absolute atomic E-state index is 0.106. The van der Waals surface area contributed by atoms with E-state index >= 15 is 0 Å². The van der Waals surface area contributed by atoms with Crippen molar-refractivity contribution >= 4 is 21.1 Å². The Morgan fingerprint density at radius 1 is 0.903 bits per heavy atom. The predicted molar refractivity (Wildman–Crippen MR) is 109 cm³/mol. The lowest BCUT2D eigenvalue weighted by atomic mass is 10.1. The van der Waals surface area contributed by atoms with Crippen molar-refractivity contribution in [1.29, 1.82) is 0 Å². The molecule has 0 saturated carbocycles. The first-order chi connectivity index (χ1) is 14.8. The molecule has 31 heavy (non-hydrogen) atoms. The van der Waals surface area contributed by atoms with Gasteiger partial charge in [-0.3, -0.25) is 4.79 Å². The Hall–Kier alpha value is -3.72. The molecule has 4 rings (SSSR count). The zero-order valence-corrected chi connectivity index (χ0v) is 16.5. The molecule has 0 unspecified atom stereocenters. The highest BCUT2D eigenvalue weighted by Gasteiger charge is 2.24. The highest BCUT2D eigenvalue weighted by atomic mass is 32.2. The van der Waals surface area contributed by atoms with E-state index in [4.69, 9.17) is 8.60 Å². The molecule has 0 N–H and O–H groups in total. The molecule has 0 bridgehead atoms. The van der Waals surface area contributed by atoms with Gasteiger partial charge in [0.05, 0.1) is 10.9 Å². The Balaban J connectivity index is 1.69. The maximum absolute atomic E-state index is 12.8. The number of benzene rings is 3. The molecule has 0 radical (unpaired) electrons. The Labute approximate surface area is 175 Å². The first kappa shape index (κ1) is 20.5. The highest BCUT2D eigenvalue weighted by molar-refractivity contribution is 7.87. The average molecular weight is 444 g/mol.